The average molecular weight is 294 g/mol. The Hall–Kier alpha value is -2.56. The molecule has 3 aromatic rings. The van der Waals surface area contributed by atoms with Gasteiger partial charge < -0.3 is 9.88 Å². The Morgan fingerprint density at radius 2 is 2.18 bits per heavy atom. The summed E-state index contributed by atoms with van der Waals surface area (Å²) in [6.45, 7) is 3.43. The van der Waals surface area contributed by atoms with Gasteiger partial charge in [-0.15, -0.1) is 0 Å². The Morgan fingerprint density at radius 1 is 1.32 bits per heavy atom. The molecule has 1 atom stereocenters. The Kier molecular flexibility index (Phi) is 2.99. The molecule has 1 unspecified atom stereocenters. The van der Waals surface area contributed by atoms with E-state index in [1.807, 2.05) is 47.0 Å². The smallest absolute Gasteiger partial charge is 0.255 e. The summed E-state index contributed by atoms with van der Waals surface area (Å²) in [6, 6.07) is 10.2. The van der Waals surface area contributed by atoms with E-state index in [1.54, 1.807) is 0 Å². The number of carbonyl (C=O) groups is 1. The second-order valence-corrected chi connectivity index (χ2v) is 5.88. The number of H-pyrrole nitrogens is 1. The molecule has 1 saturated heterocycles. The maximum Gasteiger partial charge on any atom is 0.255 e. The molecule has 112 valence electrons. The number of fused-ring (bicyclic) bond motifs is 1. The van der Waals surface area contributed by atoms with Crippen molar-refractivity contribution in [2.75, 3.05) is 13.1 Å². The van der Waals surface area contributed by atoms with Crippen LogP contribution in [0.25, 0.3) is 10.9 Å². The highest BCUT2D eigenvalue weighted by Crippen LogP contribution is 2.25. The highest BCUT2D eigenvalue weighted by Gasteiger charge is 2.29. The lowest BCUT2D eigenvalue weighted by Gasteiger charge is -2.16. The molecule has 5 nitrogen and oxygen atoms in total. The van der Waals surface area contributed by atoms with Gasteiger partial charge >= 0.3 is 0 Å². The van der Waals surface area contributed by atoms with Gasteiger partial charge in [-0.1, -0.05) is 18.2 Å². The fourth-order valence-corrected chi connectivity index (χ4v) is 3.17. The molecule has 1 amide bonds. The van der Waals surface area contributed by atoms with Crippen molar-refractivity contribution in [3.05, 3.63) is 54.0 Å². The molecule has 1 fully saturated rings. The van der Waals surface area contributed by atoms with Crippen molar-refractivity contribution in [3.8, 4) is 0 Å². The summed E-state index contributed by atoms with van der Waals surface area (Å²) in [7, 11) is 0. The number of carbonyl (C=O) groups excluding carboxylic acids is 1. The number of benzene rings is 1. The SMILES string of the molecule is Cc1[nH]ccc1C(=O)N1CCC(n2cc3ccccc3n2)C1. The van der Waals surface area contributed by atoms with Gasteiger partial charge in [0.25, 0.3) is 5.91 Å². The zero-order chi connectivity index (χ0) is 15.1. The molecular weight excluding hydrogens is 276 g/mol. The van der Waals surface area contributed by atoms with Gasteiger partial charge in [0.05, 0.1) is 17.1 Å². The first-order valence-electron chi connectivity index (χ1n) is 7.59. The third kappa shape index (κ3) is 2.09. The van der Waals surface area contributed by atoms with E-state index in [0.29, 0.717) is 0 Å². The summed E-state index contributed by atoms with van der Waals surface area (Å²) in [5.74, 6) is 0.109. The van der Waals surface area contributed by atoms with Crippen LogP contribution in [0.2, 0.25) is 0 Å². The molecule has 3 heterocycles. The van der Waals surface area contributed by atoms with Crippen LogP contribution in [0.5, 0.6) is 0 Å². The van der Waals surface area contributed by atoms with Gasteiger partial charge in [0.15, 0.2) is 0 Å². The molecule has 0 saturated carbocycles. The van der Waals surface area contributed by atoms with Crippen molar-refractivity contribution in [1.82, 2.24) is 19.7 Å². The van der Waals surface area contributed by atoms with Crippen LogP contribution in [-0.4, -0.2) is 38.7 Å². The van der Waals surface area contributed by atoms with Crippen LogP contribution in [0.4, 0.5) is 0 Å². The van der Waals surface area contributed by atoms with Crippen molar-refractivity contribution in [1.29, 1.82) is 0 Å². The number of aromatic amines is 1. The van der Waals surface area contributed by atoms with Gasteiger partial charge in [0.2, 0.25) is 0 Å². The van der Waals surface area contributed by atoms with E-state index >= 15 is 0 Å². The fourth-order valence-electron chi connectivity index (χ4n) is 3.17. The molecule has 4 rings (SSSR count). The summed E-state index contributed by atoms with van der Waals surface area (Å²) in [4.78, 5) is 17.5. The zero-order valence-electron chi connectivity index (χ0n) is 12.5. The van der Waals surface area contributed by atoms with Crippen LogP contribution in [-0.2, 0) is 0 Å². The van der Waals surface area contributed by atoms with Crippen LogP contribution in [0, 0.1) is 6.92 Å². The van der Waals surface area contributed by atoms with Crippen LogP contribution >= 0.6 is 0 Å². The van der Waals surface area contributed by atoms with Crippen LogP contribution in [0.15, 0.2) is 42.7 Å². The van der Waals surface area contributed by atoms with E-state index < -0.39 is 0 Å². The fraction of sp³-hybridized carbons (Fsp3) is 0.294. The molecule has 1 aliphatic rings. The molecule has 1 N–H and O–H groups in total. The van der Waals surface area contributed by atoms with Gasteiger partial charge in [-0.2, -0.15) is 5.10 Å². The predicted molar refractivity (Wildman–Crippen MR) is 84.8 cm³/mol. The third-order valence-corrected chi connectivity index (χ3v) is 4.44. The Labute approximate surface area is 128 Å². The minimum Gasteiger partial charge on any atom is -0.365 e. The quantitative estimate of drug-likeness (QED) is 0.790. The number of aryl methyl sites for hydroxylation is 1. The maximum absolute atomic E-state index is 12.6. The highest BCUT2D eigenvalue weighted by molar-refractivity contribution is 5.95. The molecule has 22 heavy (non-hydrogen) atoms. The molecule has 0 spiro atoms. The maximum atomic E-state index is 12.6. The molecule has 0 aliphatic carbocycles. The standard InChI is InChI=1S/C17H18N4O/c1-12-15(6-8-18-12)17(22)20-9-7-14(11-20)21-10-13-4-2-3-5-16(13)19-21/h2-6,8,10,14,18H,7,9,11H2,1H3. The van der Waals surface area contributed by atoms with E-state index in [-0.39, 0.29) is 11.9 Å². The minimum absolute atomic E-state index is 0.109. The lowest BCUT2D eigenvalue weighted by molar-refractivity contribution is 0.0786. The summed E-state index contributed by atoms with van der Waals surface area (Å²) in [6.07, 6.45) is 4.84. The van der Waals surface area contributed by atoms with E-state index in [1.165, 1.54) is 0 Å². The van der Waals surface area contributed by atoms with Crippen molar-refractivity contribution in [2.45, 2.75) is 19.4 Å². The summed E-state index contributed by atoms with van der Waals surface area (Å²) in [5, 5.41) is 5.79. The number of aromatic nitrogens is 3. The van der Waals surface area contributed by atoms with E-state index in [2.05, 4.69) is 22.3 Å². The minimum atomic E-state index is 0.109. The Balaban J connectivity index is 1.55. The molecule has 0 radical (unpaired) electrons. The predicted octanol–water partition coefficient (Wildman–Crippen LogP) is 2.76. The molecular formula is C17H18N4O. The van der Waals surface area contributed by atoms with Crippen LogP contribution in [0.1, 0.15) is 28.5 Å². The highest BCUT2D eigenvalue weighted by atomic mass is 16.2. The molecule has 2 aromatic heterocycles. The normalized spacial score (nSPS) is 18.2. The van der Waals surface area contributed by atoms with Crippen molar-refractivity contribution in [3.63, 3.8) is 0 Å². The van der Waals surface area contributed by atoms with Gasteiger partial charge in [0.1, 0.15) is 0 Å². The largest absolute Gasteiger partial charge is 0.365 e. The first kappa shape index (κ1) is 13.1. The Bertz CT molecular complexity index is 799. The molecule has 0 bridgehead atoms. The summed E-state index contributed by atoms with van der Waals surface area (Å²) < 4.78 is 2.02. The number of nitrogens with one attached hydrogen (secondary N) is 1. The second-order valence-electron chi connectivity index (χ2n) is 5.88. The number of rotatable bonds is 2. The third-order valence-electron chi connectivity index (χ3n) is 4.44. The molecule has 1 aromatic carbocycles. The number of hydrogen-bond donors (Lipinski definition) is 1. The van der Waals surface area contributed by atoms with Gasteiger partial charge in [0, 0.05) is 36.6 Å². The van der Waals surface area contributed by atoms with Gasteiger partial charge in [-0.25, -0.2) is 0 Å². The number of amides is 1. The number of likely N-dealkylation sites (tertiary alicyclic amines) is 1. The van der Waals surface area contributed by atoms with E-state index in [4.69, 9.17) is 0 Å². The zero-order valence-corrected chi connectivity index (χ0v) is 12.5. The summed E-state index contributed by atoms with van der Waals surface area (Å²) in [5.41, 5.74) is 2.71. The van der Waals surface area contributed by atoms with E-state index in [9.17, 15) is 4.79 Å². The van der Waals surface area contributed by atoms with Gasteiger partial charge in [-0.3, -0.25) is 9.48 Å². The second kappa shape index (κ2) is 5.02. The first-order valence-corrected chi connectivity index (χ1v) is 7.59. The first-order chi connectivity index (χ1) is 10.7. The number of nitrogens with zero attached hydrogens (tertiary/aromatic N) is 3. The molecule has 1 aliphatic heterocycles. The number of hydrogen-bond acceptors (Lipinski definition) is 2. The van der Waals surface area contributed by atoms with Crippen LogP contribution < -0.4 is 0 Å². The van der Waals surface area contributed by atoms with Crippen molar-refractivity contribution < 1.29 is 4.79 Å². The topological polar surface area (TPSA) is 53.9 Å². The Morgan fingerprint density at radius 3 is 2.95 bits per heavy atom. The van der Waals surface area contributed by atoms with Gasteiger partial charge in [-0.05, 0) is 25.5 Å². The molecule has 5 heteroatoms. The van der Waals surface area contributed by atoms with Crippen LogP contribution in [0.3, 0.4) is 0 Å². The average Bonchev–Trinajstić information content (AvgIpc) is 3.24. The lowest BCUT2D eigenvalue weighted by atomic mass is 10.2. The van der Waals surface area contributed by atoms with E-state index in [0.717, 1.165) is 41.7 Å². The van der Waals surface area contributed by atoms with Crippen molar-refractivity contribution >= 4 is 16.8 Å². The van der Waals surface area contributed by atoms with Crippen molar-refractivity contribution in [2.24, 2.45) is 0 Å². The summed E-state index contributed by atoms with van der Waals surface area (Å²) >= 11 is 0. The monoisotopic (exact) mass is 294 g/mol. The lowest BCUT2D eigenvalue weighted by Crippen LogP contribution is -2.29.